The van der Waals surface area contributed by atoms with Gasteiger partial charge in [0, 0.05) is 10.9 Å². The number of thiazole rings is 1. The summed E-state index contributed by atoms with van der Waals surface area (Å²) in [4.78, 5) is 4.15. The van der Waals surface area contributed by atoms with Gasteiger partial charge in [0.05, 0.1) is 17.7 Å². The molecule has 0 radical (unpaired) electrons. The monoisotopic (exact) mass is 392 g/mol. The molecule has 0 unspecified atom stereocenters. The van der Waals surface area contributed by atoms with E-state index in [2.05, 4.69) is 9.71 Å². The molecule has 8 heteroatoms. The summed E-state index contributed by atoms with van der Waals surface area (Å²) in [6.45, 7) is 3.98. The van der Waals surface area contributed by atoms with Crippen LogP contribution < -0.4 is 9.46 Å². The van der Waals surface area contributed by atoms with Crippen molar-refractivity contribution in [2.24, 2.45) is 0 Å². The smallest absolute Gasteiger partial charge is 0.263 e. The highest BCUT2D eigenvalue weighted by atomic mass is 32.2. The highest BCUT2D eigenvalue weighted by Gasteiger charge is 2.19. The van der Waals surface area contributed by atoms with Crippen LogP contribution in [0.15, 0.2) is 46.7 Å². The molecule has 1 N–H and O–H groups in total. The first-order valence-corrected chi connectivity index (χ1v) is 10.1. The number of hydrogen-bond acceptors (Lipinski definition) is 5. The van der Waals surface area contributed by atoms with Gasteiger partial charge >= 0.3 is 0 Å². The molecule has 3 rings (SSSR count). The Labute approximate surface area is 155 Å². The van der Waals surface area contributed by atoms with Crippen LogP contribution in [0.1, 0.15) is 11.1 Å². The molecule has 26 heavy (non-hydrogen) atoms. The summed E-state index contributed by atoms with van der Waals surface area (Å²) in [6.07, 6.45) is 0. The predicted octanol–water partition coefficient (Wildman–Crippen LogP) is 4.38. The number of aryl methyl sites for hydroxylation is 2. The molecule has 0 saturated heterocycles. The molecule has 0 spiro atoms. The van der Waals surface area contributed by atoms with Crippen LogP contribution in [0, 0.1) is 19.7 Å². The van der Waals surface area contributed by atoms with Crippen molar-refractivity contribution in [3.05, 3.63) is 58.7 Å². The van der Waals surface area contributed by atoms with Gasteiger partial charge < -0.3 is 4.74 Å². The fraction of sp³-hybridized carbons (Fsp3) is 0.167. The Bertz CT molecular complexity index is 1060. The first-order chi connectivity index (χ1) is 12.3. The highest BCUT2D eigenvalue weighted by Crippen LogP contribution is 2.29. The molecule has 0 fully saturated rings. The van der Waals surface area contributed by atoms with E-state index in [0.29, 0.717) is 5.69 Å². The van der Waals surface area contributed by atoms with E-state index in [-0.39, 0.29) is 15.8 Å². The molecule has 0 amide bonds. The molecule has 0 aliphatic rings. The molecule has 1 aromatic heterocycles. The van der Waals surface area contributed by atoms with E-state index < -0.39 is 15.8 Å². The van der Waals surface area contributed by atoms with E-state index in [0.717, 1.165) is 22.8 Å². The van der Waals surface area contributed by atoms with Crippen LogP contribution in [0.5, 0.6) is 5.75 Å². The number of hydrogen-bond donors (Lipinski definition) is 1. The molecule has 0 aliphatic carbocycles. The van der Waals surface area contributed by atoms with Crippen molar-refractivity contribution < 1.29 is 17.5 Å². The maximum absolute atomic E-state index is 13.8. The lowest BCUT2D eigenvalue weighted by Crippen LogP contribution is -2.13. The van der Waals surface area contributed by atoms with Gasteiger partial charge in [-0.25, -0.2) is 17.8 Å². The first kappa shape index (κ1) is 18.3. The van der Waals surface area contributed by atoms with Gasteiger partial charge in [-0.2, -0.15) is 0 Å². The Hall–Kier alpha value is -2.45. The first-order valence-electron chi connectivity index (χ1n) is 7.69. The maximum atomic E-state index is 13.8. The molecule has 0 aliphatic heterocycles. The second kappa shape index (κ2) is 7.05. The van der Waals surface area contributed by atoms with Crippen molar-refractivity contribution in [2.45, 2.75) is 18.7 Å². The number of methoxy groups -OCH3 is 1. The van der Waals surface area contributed by atoms with Crippen LogP contribution in [-0.2, 0) is 10.0 Å². The number of ether oxygens (including phenoxy) is 1. The summed E-state index contributed by atoms with van der Waals surface area (Å²) in [6, 6.07) is 9.44. The average molecular weight is 392 g/mol. The summed E-state index contributed by atoms with van der Waals surface area (Å²) in [5.41, 5.74) is 3.82. The van der Waals surface area contributed by atoms with Gasteiger partial charge in [0.2, 0.25) is 0 Å². The van der Waals surface area contributed by atoms with Crippen molar-refractivity contribution in [3.8, 4) is 17.0 Å². The van der Waals surface area contributed by atoms with Crippen LogP contribution >= 0.6 is 11.3 Å². The third kappa shape index (κ3) is 3.71. The van der Waals surface area contributed by atoms with Gasteiger partial charge in [-0.3, -0.25) is 4.72 Å². The van der Waals surface area contributed by atoms with E-state index >= 15 is 0 Å². The predicted molar refractivity (Wildman–Crippen MR) is 101 cm³/mol. The fourth-order valence-electron chi connectivity index (χ4n) is 2.53. The van der Waals surface area contributed by atoms with Crippen LogP contribution in [0.4, 0.5) is 9.52 Å². The Morgan fingerprint density at radius 1 is 1.15 bits per heavy atom. The lowest BCUT2D eigenvalue weighted by atomic mass is 10.0. The molecular weight excluding hydrogens is 375 g/mol. The summed E-state index contributed by atoms with van der Waals surface area (Å²) in [5, 5.41) is 2.00. The minimum atomic E-state index is -3.94. The van der Waals surface area contributed by atoms with Gasteiger partial charge in [0.25, 0.3) is 10.0 Å². The molecule has 136 valence electrons. The third-order valence-corrected chi connectivity index (χ3v) is 6.04. The van der Waals surface area contributed by atoms with Crippen molar-refractivity contribution in [1.29, 1.82) is 0 Å². The van der Waals surface area contributed by atoms with E-state index in [9.17, 15) is 12.8 Å². The zero-order valence-corrected chi connectivity index (χ0v) is 16.0. The molecule has 5 nitrogen and oxygen atoms in total. The zero-order valence-electron chi connectivity index (χ0n) is 14.4. The molecule has 3 aromatic rings. The van der Waals surface area contributed by atoms with Gasteiger partial charge in [0.1, 0.15) is 0 Å². The second-order valence-electron chi connectivity index (χ2n) is 5.76. The lowest BCUT2D eigenvalue weighted by Gasteiger charge is -2.07. The van der Waals surface area contributed by atoms with Crippen molar-refractivity contribution >= 4 is 26.5 Å². The molecule has 1 heterocycles. The number of sulfonamides is 1. The fourth-order valence-corrected chi connectivity index (χ4v) is 4.51. The molecular formula is C18H17FN2O3S2. The normalized spacial score (nSPS) is 11.4. The maximum Gasteiger partial charge on any atom is 0.263 e. The summed E-state index contributed by atoms with van der Waals surface area (Å²) in [5.74, 6) is -0.763. The van der Waals surface area contributed by atoms with Crippen LogP contribution in [0.2, 0.25) is 0 Å². The van der Waals surface area contributed by atoms with Gasteiger partial charge in [-0.05, 0) is 37.6 Å². The Morgan fingerprint density at radius 2 is 1.92 bits per heavy atom. The summed E-state index contributed by atoms with van der Waals surface area (Å²) >= 11 is 1.17. The molecule has 0 saturated carbocycles. The van der Waals surface area contributed by atoms with Gasteiger partial charge in [-0.1, -0.05) is 23.8 Å². The summed E-state index contributed by atoms with van der Waals surface area (Å²) in [7, 11) is -2.63. The molecule has 0 bridgehead atoms. The third-order valence-electron chi connectivity index (χ3n) is 3.82. The van der Waals surface area contributed by atoms with Crippen molar-refractivity contribution in [2.75, 3.05) is 11.8 Å². The minimum absolute atomic E-state index is 0.0182. The Morgan fingerprint density at radius 3 is 2.58 bits per heavy atom. The lowest BCUT2D eigenvalue weighted by molar-refractivity contribution is 0.385. The number of nitrogens with zero attached hydrogens (tertiary/aromatic N) is 1. The van der Waals surface area contributed by atoms with Crippen molar-refractivity contribution in [3.63, 3.8) is 0 Å². The molecule has 0 atom stereocenters. The van der Waals surface area contributed by atoms with E-state index in [4.69, 9.17) is 4.74 Å². The van der Waals surface area contributed by atoms with E-state index in [1.54, 1.807) is 5.38 Å². The van der Waals surface area contributed by atoms with Crippen LogP contribution in [0.25, 0.3) is 11.3 Å². The number of anilines is 1. The highest BCUT2D eigenvalue weighted by molar-refractivity contribution is 7.93. The minimum Gasteiger partial charge on any atom is -0.494 e. The Kier molecular flexibility index (Phi) is 4.97. The van der Waals surface area contributed by atoms with Crippen LogP contribution in [0.3, 0.4) is 0 Å². The van der Waals surface area contributed by atoms with E-state index in [1.807, 2.05) is 32.0 Å². The number of halogens is 1. The summed E-state index contributed by atoms with van der Waals surface area (Å²) < 4.78 is 45.9. The van der Waals surface area contributed by atoms with Gasteiger partial charge in [-0.15, -0.1) is 11.3 Å². The van der Waals surface area contributed by atoms with Crippen molar-refractivity contribution in [1.82, 2.24) is 4.98 Å². The zero-order chi connectivity index (χ0) is 18.9. The number of rotatable bonds is 5. The SMILES string of the molecule is COc1ccc(S(=O)(=O)Nc2nc(-c3ccc(C)cc3C)cs2)cc1F. The van der Waals surface area contributed by atoms with E-state index in [1.165, 1.54) is 30.6 Å². The largest absolute Gasteiger partial charge is 0.494 e. The molecule has 2 aromatic carbocycles. The quantitative estimate of drug-likeness (QED) is 0.700. The number of benzene rings is 2. The second-order valence-corrected chi connectivity index (χ2v) is 8.30. The standard InChI is InChI=1S/C18H17FN2O3S2/c1-11-4-6-14(12(2)8-11)16-10-25-18(20-16)21-26(22,23)13-5-7-17(24-3)15(19)9-13/h4-10H,1-3H3,(H,20,21). The topological polar surface area (TPSA) is 68.3 Å². The van der Waals surface area contributed by atoms with Gasteiger partial charge in [0.15, 0.2) is 16.7 Å². The number of aromatic nitrogens is 1. The Balaban J connectivity index is 1.87. The average Bonchev–Trinajstić information content (AvgIpc) is 3.02. The van der Waals surface area contributed by atoms with Crippen LogP contribution in [-0.4, -0.2) is 20.5 Å². The number of nitrogens with one attached hydrogen (secondary N) is 1.